The van der Waals surface area contributed by atoms with Crippen LogP contribution < -0.4 is 5.32 Å². The minimum absolute atomic E-state index is 0. The van der Waals surface area contributed by atoms with Crippen LogP contribution in [-0.2, 0) is 4.79 Å². The summed E-state index contributed by atoms with van der Waals surface area (Å²) in [6.07, 6.45) is 8.52. The molecular formula is C11H20BrNO2. The quantitative estimate of drug-likeness (QED) is 0.834. The number of rotatable bonds is 3. The lowest BCUT2D eigenvalue weighted by molar-refractivity contribution is -0.137. The lowest BCUT2D eigenvalue weighted by atomic mass is 10.2. The van der Waals surface area contributed by atoms with E-state index in [1.54, 1.807) is 0 Å². The molecule has 1 heterocycles. The first kappa shape index (κ1) is 16.7. The Morgan fingerprint density at radius 2 is 2.20 bits per heavy atom. The molecule has 1 aliphatic rings. The molecule has 2 N–H and O–H groups in total. The molecule has 0 radical (unpaired) electrons. The van der Waals surface area contributed by atoms with Crippen molar-refractivity contribution in [2.24, 2.45) is 0 Å². The smallest absolute Gasteiger partial charge is 0.303 e. The number of carbonyl (C=O) groups is 1. The number of carboxylic acids is 1. The molecule has 0 unspecified atom stereocenters. The number of dihydropyridines is 1. The van der Waals surface area contributed by atoms with Gasteiger partial charge in [-0.15, -0.1) is 17.0 Å². The molecule has 88 valence electrons. The summed E-state index contributed by atoms with van der Waals surface area (Å²) < 4.78 is 0. The highest BCUT2D eigenvalue weighted by Gasteiger charge is 1.89. The van der Waals surface area contributed by atoms with Crippen molar-refractivity contribution >= 4 is 23.0 Å². The van der Waals surface area contributed by atoms with Crippen LogP contribution in [0.4, 0.5) is 0 Å². The fourth-order valence-electron chi connectivity index (χ4n) is 0.950. The largest absolute Gasteiger partial charge is 0.481 e. The Hall–Kier alpha value is -0.770. The van der Waals surface area contributed by atoms with E-state index in [1.807, 2.05) is 6.92 Å². The molecule has 1 aliphatic heterocycles. The standard InChI is InChI=1S/C7H11N.C4H8O2.BrH/c1-2-7-4-3-5-8-6-7;1-2-3-4(5)6;/h3-4,6,8H,2,5H2,1H3;2-3H2,1H3,(H,5,6);1H. The zero-order valence-electron chi connectivity index (χ0n) is 9.32. The van der Waals surface area contributed by atoms with E-state index in [0.29, 0.717) is 6.42 Å². The Kier molecular flexibility index (Phi) is 12.6. The van der Waals surface area contributed by atoms with Gasteiger partial charge in [0.1, 0.15) is 0 Å². The van der Waals surface area contributed by atoms with Crippen molar-refractivity contribution in [3.8, 4) is 0 Å². The SMILES string of the molecule is Br.CCC1=CNCC=C1.CCCC(=O)O. The predicted octanol–water partition coefficient (Wildman–Crippen LogP) is 2.89. The van der Waals surface area contributed by atoms with Crippen molar-refractivity contribution in [3.63, 3.8) is 0 Å². The van der Waals surface area contributed by atoms with Crippen molar-refractivity contribution in [1.29, 1.82) is 0 Å². The summed E-state index contributed by atoms with van der Waals surface area (Å²) >= 11 is 0. The van der Waals surface area contributed by atoms with Crippen molar-refractivity contribution in [2.75, 3.05) is 6.54 Å². The molecule has 0 saturated carbocycles. The molecule has 0 aromatic rings. The molecule has 0 aliphatic carbocycles. The highest BCUT2D eigenvalue weighted by atomic mass is 79.9. The van der Waals surface area contributed by atoms with Crippen LogP contribution >= 0.6 is 17.0 Å². The summed E-state index contributed by atoms with van der Waals surface area (Å²) in [5.41, 5.74) is 1.39. The third-order valence-electron chi connectivity index (χ3n) is 1.73. The maximum Gasteiger partial charge on any atom is 0.303 e. The van der Waals surface area contributed by atoms with Crippen molar-refractivity contribution < 1.29 is 9.90 Å². The molecule has 0 aromatic heterocycles. The molecule has 0 amide bonds. The summed E-state index contributed by atoms with van der Waals surface area (Å²) in [4.78, 5) is 9.60. The fourth-order valence-corrected chi connectivity index (χ4v) is 0.950. The lowest BCUT2D eigenvalue weighted by Crippen LogP contribution is -2.08. The van der Waals surface area contributed by atoms with Crippen molar-refractivity contribution in [2.45, 2.75) is 33.1 Å². The third-order valence-corrected chi connectivity index (χ3v) is 1.73. The van der Waals surface area contributed by atoms with E-state index in [2.05, 4.69) is 30.6 Å². The number of halogens is 1. The molecule has 0 aromatic carbocycles. The molecule has 0 atom stereocenters. The zero-order valence-corrected chi connectivity index (χ0v) is 11.0. The maximum absolute atomic E-state index is 9.60. The Labute approximate surface area is 102 Å². The average molecular weight is 278 g/mol. The van der Waals surface area contributed by atoms with E-state index < -0.39 is 5.97 Å². The van der Waals surface area contributed by atoms with Crippen LogP contribution in [0.25, 0.3) is 0 Å². The molecule has 15 heavy (non-hydrogen) atoms. The fraction of sp³-hybridized carbons (Fsp3) is 0.545. The summed E-state index contributed by atoms with van der Waals surface area (Å²) in [6.45, 7) is 4.99. The van der Waals surface area contributed by atoms with E-state index in [1.165, 1.54) is 5.57 Å². The van der Waals surface area contributed by atoms with Gasteiger partial charge in [-0.3, -0.25) is 4.79 Å². The number of hydrogen-bond donors (Lipinski definition) is 2. The number of aliphatic carboxylic acids is 1. The lowest BCUT2D eigenvalue weighted by Gasteiger charge is -2.04. The molecule has 0 bridgehead atoms. The van der Waals surface area contributed by atoms with Gasteiger partial charge in [-0.2, -0.15) is 0 Å². The highest BCUT2D eigenvalue weighted by molar-refractivity contribution is 8.93. The first-order valence-electron chi connectivity index (χ1n) is 5.01. The topological polar surface area (TPSA) is 49.3 Å². The summed E-state index contributed by atoms with van der Waals surface area (Å²) in [5, 5.41) is 11.1. The van der Waals surface area contributed by atoms with Gasteiger partial charge in [-0.05, 0) is 24.6 Å². The number of nitrogens with one attached hydrogen (secondary N) is 1. The molecule has 0 saturated heterocycles. The molecule has 1 rings (SSSR count). The number of hydrogen-bond acceptors (Lipinski definition) is 2. The third kappa shape index (κ3) is 11.2. The normalized spacial score (nSPS) is 12.5. The molecule has 0 fully saturated rings. The van der Waals surface area contributed by atoms with Crippen LogP contribution in [-0.4, -0.2) is 17.6 Å². The Morgan fingerprint density at radius 3 is 2.40 bits per heavy atom. The van der Waals surface area contributed by atoms with Gasteiger partial charge in [-0.1, -0.05) is 26.0 Å². The first-order chi connectivity index (χ1) is 6.70. The summed E-state index contributed by atoms with van der Waals surface area (Å²) in [7, 11) is 0. The molecular weight excluding hydrogens is 258 g/mol. The van der Waals surface area contributed by atoms with E-state index in [0.717, 1.165) is 19.4 Å². The van der Waals surface area contributed by atoms with Gasteiger partial charge in [0.15, 0.2) is 0 Å². The van der Waals surface area contributed by atoms with Gasteiger partial charge in [0, 0.05) is 13.0 Å². The van der Waals surface area contributed by atoms with Crippen LogP contribution in [0, 0.1) is 0 Å². The van der Waals surface area contributed by atoms with Crippen LogP contribution in [0.1, 0.15) is 33.1 Å². The number of carboxylic acid groups (broad SMARTS) is 1. The van der Waals surface area contributed by atoms with Crippen LogP contribution in [0.15, 0.2) is 23.9 Å². The van der Waals surface area contributed by atoms with Gasteiger partial charge in [0.25, 0.3) is 0 Å². The minimum Gasteiger partial charge on any atom is -0.481 e. The van der Waals surface area contributed by atoms with E-state index in [9.17, 15) is 4.79 Å². The van der Waals surface area contributed by atoms with E-state index in [4.69, 9.17) is 5.11 Å². The Balaban J connectivity index is 0. The number of allylic oxidation sites excluding steroid dienone is 2. The van der Waals surface area contributed by atoms with Gasteiger partial charge in [0.2, 0.25) is 0 Å². The highest BCUT2D eigenvalue weighted by Crippen LogP contribution is 2.02. The Bertz CT molecular complexity index is 225. The monoisotopic (exact) mass is 277 g/mol. The summed E-state index contributed by atoms with van der Waals surface area (Å²) in [5.74, 6) is -0.711. The van der Waals surface area contributed by atoms with Gasteiger partial charge in [-0.25, -0.2) is 0 Å². The zero-order chi connectivity index (χ0) is 10.8. The average Bonchev–Trinajstić information content (AvgIpc) is 2.20. The van der Waals surface area contributed by atoms with E-state index >= 15 is 0 Å². The second kappa shape index (κ2) is 11.3. The van der Waals surface area contributed by atoms with Crippen LogP contribution in [0.3, 0.4) is 0 Å². The van der Waals surface area contributed by atoms with Crippen molar-refractivity contribution in [3.05, 3.63) is 23.9 Å². The second-order valence-corrected chi connectivity index (χ2v) is 3.03. The van der Waals surface area contributed by atoms with Crippen molar-refractivity contribution in [1.82, 2.24) is 5.32 Å². The van der Waals surface area contributed by atoms with Gasteiger partial charge >= 0.3 is 5.97 Å². The predicted molar refractivity (Wildman–Crippen MR) is 68.4 cm³/mol. The van der Waals surface area contributed by atoms with E-state index in [-0.39, 0.29) is 17.0 Å². The summed E-state index contributed by atoms with van der Waals surface area (Å²) in [6, 6.07) is 0. The van der Waals surface area contributed by atoms with Gasteiger partial charge in [0.05, 0.1) is 0 Å². The second-order valence-electron chi connectivity index (χ2n) is 3.03. The first-order valence-corrected chi connectivity index (χ1v) is 5.01. The Morgan fingerprint density at radius 1 is 1.53 bits per heavy atom. The van der Waals surface area contributed by atoms with Crippen LogP contribution in [0.5, 0.6) is 0 Å². The van der Waals surface area contributed by atoms with Crippen LogP contribution in [0.2, 0.25) is 0 Å². The van der Waals surface area contributed by atoms with Gasteiger partial charge < -0.3 is 10.4 Å². The molecule has 3 nitrogen and oxygen atoms in total. The maximum atomic E-state index is 9.60. The minimum atomic E-state index is -0.711. The molecule has 4 heteroatoms. The molecule has 0 spiro atoms.